The number of aliphatic hydroxyl groups is 4. The van der Waals surface area contributed by atoms with Crippen LogP contribution in [0.2, 0.25) is 0 Å². The lowest BCUT2D eigenvalue weighted by Crippen LogP contribution is -2.64. The number of ether oxygens (including phenoxy) is 1. The first kappa shape index (κ1) is 30.0. The molecule has 6 nitrogen and oxygen atoms in total. The molecule has 4 fully saturated rings. The van der Waals surface area contributed by atoms with Crippen LogP contribution in [0.3, 0.4) is 0 Å². The molecule has 14 atom stereocenters. The van der Waals surface area contributed by atoms with Crippen molar-refractivity contribution in [2.24, 2.45) is 52.3 Å². The standard InChI is InChI=1S/C33H55O6/c1-18(2)7-6-8-19(3)23-11-12-24-22-10-9-20-15-21(35)16-26(33(20,5)25(22)13-14-32(23,24)4)31-30(38)29(37)28(36)27(17-34)39-31/h9,18-19,21-31,34,36-38H,6-8,10-17H2,1-5H3/t19-,21-,22+,23-,24+,25+,26?,27-,28+,29+,30-,31?,32-,33+/m1/s1. The SMILES string of the molecule is CC(C)CCC[C@@H](C)[C@H]1CC[C@H]2[C@@H]3CC=C4C[C@@H]([O])CC(C5O[C@H](CO)[C@H](O)[C@H](O)[C@H]5O)[C@]4(C)[C@H]3CC[C@]12C. The first-order valence-electron chi connectivity index (χ1n) is 16.1. The van der Waals surface area contributed by atoms with Crippen LogP contribution in [0.1, 0.15) is 98.8 Å². The summed E-state index contributed by atoms with van der Waals surface area (Å²) >= 11 is 0. The smallest absolute Gasteiger partial charge is 0.111 e. The number of hydrogen-bond acceptors (Lipinski definition) is 5. The molecular formula is C33H55O6. The van der Waals surface area contributed by atoms with Gasteiger partial charge in [0.25, 0.3) is 0 Å². The van der Waals surface area contributed by atoms with Crippen molar-refractivity contribution in [3.63, 3.8) is 0 Å². The van der Waals surface area contributed by atoms with Gasteiger partial charge in [-0.2, -0.15) is 0 Å². The van der Waals surface area contributed by atoms with Crippen molar-refractivity contribution in [2.75, 3.05) is 6.61 Å². The van der Waals surface area contributed by atoms with Crippen LogP contribution in [0.4, 0.5) is 0 Å². The molecule has 0 spiro atoms. The van der Waals surface area contributed by atoms with E-state index in [1.165, 1.54) is 44.1 Å². The molecule has 2 unspecified atom stereocenters. The molecule has 0 amide bonds. The zero-order valence-corrected chi connectivity index (χ0v) is 25.0. The number of allylic oxidation sites excluding steroid dienone is 1. The van der Waals surface area contributed by atoms with Gasteiger partial charge in [-0.1, -0.05) is 65.5 Å². The number of rotatable bonds is 7. The average Bonchev–Trinajstić information content (AvgIpc) is 3.25. The summed E-state index contributed by atoms with van der Waals surface area (Å²) in [5.74, 6) is 3.67. The lowest BCUT2D eigenvalue weighted by atomic mass is 9.44. The minimum absolute atomic E-state index is 0.254. The lowest BCUT2D eigenvalue weighted by molar-refractivity contribution is -0.259. The summed E-state index contributed by atoms with van der Waals surface area (Å²) in [6.07, 6.45) is 6.70. The van der Waals surface area contributed by atoms with Gasteiger partial charge < -0.3 is 25.2 Å². The van der Waals surface area contributed by atoms with Gasteiger partial charge in [0.05, 0.1) is 18.8 Å². The van der Waals surface area contributed by atoms with Crippen LogP contribution in [-0.2, 0) is 9.84 Å². The van der Waals surface area contributed by atoms with Crippen molar-refractivity contribution in [2.45, 2.75) is 135 Å². The zero-order valence-electron chi connectivity index (χ0n) is 25.0. The van der Waals surface area contributed by atoms with Gasteiger partial charge in [-0.3, -0.25) is 0 Å². The molecule has 4 aliphatic carbocycles. The van der Waals surface area contributed by atoms with E-state index in [9.17, 15) is 25.5 Å². The first-order valence-corrected chi connectivity index (χ1v) is 16.1. The van der Waals surface area contributed by atoms with Crippen molar-refractivity contribution >= 4 is 0 Å². The quantitative estimate of drug-likeness (QED) is 0.339. The van der Waals surface area contributed by atoms with Gasteiger partial charge in [0.2, 0.25) is 0 Å². The summed E-state index contributed by atoms with van der Waals surface area (Å²) in [5.41, 5.74) is 1.28. The van der Waals surface area contributed by atoms with E-state index in [0.717, 1.165) is 30.6 Å². The van der Waals surface area contributed by atoms with Crippen molar-refractivity contribution < 1.29 is 30.3 Å². The summed E-state index contributed by atoms with van der Waals surface area (Å²) in [6, 6.07) is 0. The summed E-state index contributed by atoms with van der Waals surface area (Å²) < 4.78 is 6.15. The maximum Gasteiger partial charge on any atom is 0.111 e. The maximum absolute atomic E-state index is 13.1. The summed E-state index contributed by atoms with van der Waals surface area (Å²) in [6.45, 7) is 11.6. The fraction of sp³-hybridized carbons (Fsp3) is 0.939. The summed E-state index contributed by atoms with van der Waals surface area (Å²) in [4.78, 5) is 0. The fourth-order valence-electron chi connectivity index (χ4n) is 10.7. The predicted octanol–water partition coefficient (Wildman–Crippen LogP) is 4.90. The van der Waals surface area contributed by atoms with Crippen LogP contribution in [0.25, 0.3) is 0 Å². The molecule has 0 bridgehead atoms. The lowest BCUT2D eigenvalue weighted by Gasteiger charge is -2.62. The molecule has 223 valence electrons. The monoisotopic (exact) mass is 547 g/mol. The number of aliphatic hydroxyl groups excluding tert-OH is 4. The predicted molar refractivity (Wildman–Crippen MR) is 150 cm³/mol. The van der Waals surface area contributed by atoms with E-state index in [1.54, 1.807) is 0 Å². The topological polar surface area (TPSA) is 110 Å². The Balaban J connectivity index is 1.41. The summed E-state index contributed by atoms with van der Waals surface area (Å²) in [7, 11) is 0. The zero-order chi connectivity index (χ0) is 28.3. The highest BCUT2D eigenvalue weighted by Crippen LogP contribution is 2.68. The third-order valence-electron chi connectivity index (χ3n) is 12.8. The van der Waals surface area contributed by atoms with Gasteiger partial charge in [-0.15, -0.1) is 0 Å². The van der Waals surface area contributed by atoms with Crippen LogP contribution in [-0.4, -0.2) is 63.7 Å². The second-order valence-electron chi connectivity index (χ2n) is 15.1. The van der Waals surface area contributed by atoms with Crippen LogP contribution in [0.15, 0.2) is 11.6 Å². The number of hydrogen-bond donors (Lipinski definition) is 4. The maximum atomic E-state index is 13.1. The average molecular weight is 548 g/mol. The van der Waals surface area contributed by atoms with Crippen LogP contribution in [0.5, 0.6) is 0 Å². The molecule has 0 aromatic heterocycles. The second kappa shape index (κ2) is 11.3. The van der Waals surface area contributed by atoms with Crippen LogP contribution < -0.4 is 0 Å². The molecule has 5 aliphatic rings. The van der Waals surface area contributed by atoms with E-state index < -0.39 is 43.2 Å². The van der Waals surface area contributed by atoms with E-state index in [0.29, 0.717) is 36.0 Å². The third-order valence-corrected chi connectivity index (χ3v) is 12.8. The number of fused-ring (bicyclic) bond motifs is 5. The van der Waals surface area contributed by atoms with Gasteiger partial charge >= 0.3 is 0 Å². The molecule has 4 N–H and O–H groups in total. The molecule has 0 aromatic carbocycles. The van der Waals surface area contributed by atoms with E-state index in [-0.39, 0.29) is 11.3 Å². The van der Waals surface area contributed by atoms with E-state index in [4.69, 9.17) is 4.74 Å². The van der Waals surface area contributed by atoms with Gasteiger partial charge in [-0.25, -0.2) is 5.11 Å². The van der Waals surface area contributed by atoms with Crippen molar-refractivity contribution in [1.29, 1.82) is 0 Å². The fourth-order valence-corrected chi connectivity index (χ4v) is 10.7. The molecule has 1 aliphatic heterocycles. The van der Waals surface area contributed by atoms with Crippen LogP contribution >= 0.6 is 0 Å². The van der Waals surface area contributed by atoms with Gasteiger partial charge in [-0.05, 0) is 97.2 Å². The van der Waals surface area contributed by atoms with Crippen molar-refractivity contribution in [1.82, 2.24) is 0 Å². The van der Waals surface area contributed by atoms with Gasteiger partial charge in [0, 0.05) is 0 Å². The highest BCUT2D eigenvalue weighted by molar-refractivity contribution is 5.28. The molecule has 1 radical (unpaired) electrons. The van der Waals surface area contributed by atoms with E-state index in [1.807, 2.05) is 0 Å². The molecule has 39 heavy (non-hydrogen) atoms. The molecule has 0 aromatic rings. The minimum atomic E-state index is -1.40. The Hall–Kier alpha value is -0.500. The Kier molecular flexibility index (Phi) is 8.68. The molecule has 3 saturated carbocycles. The van der Waals surface area contributed by atoms with Crippen molar-refractivity contribution in [3.05, 3.63) is 11.6 Å². The van der Waals surface area contributed by atoms with Crippen molar-refractivity contribution in [3.8, 4) is 0 Å². The summed E-state index contributed by atoms with van der Waals surface area (Å²) in [5, 5.41) is 55.1. The van der Waals surface area contributed by atoms with Gasteiger partial charge in [0.1, 0.15) is 24.4 Å². The Morgan fingerprint density at radius 2 is 1.72 bits per heavy atom. The minimum Gasteiger partial charge on any atom is -0.394 e. The molecule has 1 heterocycles. The van der Waals surface area contributed by atoms with E-state index >= 15 is 0 Å². The Labute approximate surface area is 236 Å². The molecule has 1 saturated heterocycles. The Bertz CT molecular complexity index is 887. The van der Waals surface area contributed by atoms with E-state index in [2.05, 4.69) is 40.7 Å². The third kappa shape index (κ3) is 4.97. The molecule has 5 rings (SSSR count). The second-order valence-corrected chi connectivity index (χ2v) is 15.1. The molecular weight excluding hydrogens is 492 g/mol. The normalized spacial score (nSPS) is 50.6. The Morgan fingerprint density at radius 3 is 2.41 bits per heavy atom. The molecule has 6 heteroatoms. The first-order chi connectivity index (χ1) is 18.4. The van der Waals surface area contributed by atoms with Gasteiger partial charge in [0.15, 0.2) is 0 Å². The Morgan fingerprint density at radius 1 is 0.974 bits per heavy atom. The highest BCUT2D eigenvalue weighted by Gasteiger charge is 2.63. The largest absolute Gasteiger partial charge is 0.394 e. The highest BCUT2D eigenvalue weighted by atomic mass is 16.5. The van der Waals surface area contributed by atoms with Crippen LogP contribution in [0, 0.1) is 52.3 Å².